The van der Waals surface area contributed by atoms with Gasteiger partial charge < -0.3 is 4.57 Å². The fourth-order valence-electron chi connectivity index (χ4n) is 5.97. The molecule has 1 atom stereocenters. The molecule has 1 heterocycles. The van der Waals surface area contributed by atoms with Crippen molar-refractivity contribution in [2.45, 2.75) is 25.3 Å². The number of hydrogen-bond acceptors (Lipinski definition) is 1. The zero-order valence-electron chi connectivity index (χ0n) is 23.0. The SMILES string of the molecule is Cc1cccc(C(c2cn(C(c3ccccc3)(c3ccccc3)c3ccccc3)cn2)c2cccc(Br)c2F)c1C. The second kappa shape index (κ2) is 11.3. The third-order valence-electron chi connectivity index (χ3n) is 8.11. The average Bonchev–Trinajstić information content (AvgIpc) is 3.49. The Morgan fingerprint density at radius 1 is 0.659 bits per heavy atom. The summed E-state index contributed by atoms with van der Waals surface area (Å²) in [5.41, 5.74) is 7.33. The first kappa shape index (κ1) is 26.9. The lowest BCUT2D eigenvalue weighted by Crippen LogP contribution is -2.37. The van der Waals surface area contributed by atoms with Gasteiger partial charge >= 0.3 is 0 Å². The number of nitrogens with zero attached hydrogens (tertiary/aromatic N) is 2. The highest BCUT2D eigenvalue weighted by molar-refractivity contribution is 9.10. The van der Waals surface area contributed by atoms with E-state index in [1.54, 1.807) is 6.07 Å². The average molecular weight is 602 g/mol. The fraction of sp³-hybridized carbons (Fsp3) is 0.108. The molecule has 0 bridgehead atoms. The molecule has 2 nitrogen and oxygen atoms in total. The number of aryl methyl sites for hydroxylation is 1. The highest BCUT2D eigenvalue weighted by atomic mass is 79.9. The standard InChI is InChI=1S/C37H30BrFN2/c1-26-14-12-21-31(27(26)2)35(32-22-13-23-33(38)36(32)39)34-24-41(25-40-34)37(28-15-6-3-7-16-28,29-17-8-4-9-18-29)30-19-10-5-11-20-30/h3-25,35H,1-2H3. The molecule has 0 saturated heterocycles. The van der Waals surface area contributed by atoms with Crippen molar-refractivity contribution >= 4 is 15.9 Å². The van der Waals surface area contributed by atoms with Crippen LogP contribution in [-0.2, 0) is 5.54 Å². The summed E-state index contributed by atoms with van der Waals surface area (Å²) in [6.45, 7) is 4.20. The minimum absolute atomic E-state index is 0.270. The molecule has 0 radical (unpaired) electrons. The first-order chi connectivity index (χ1) is 20.0. The Balaban J connectivity index is 1.65. The van der Waals surface area contributed by atoms with Crippen LogP contribution in [0, 0.1) is 19.7 Å². The summed E-state index contributed by atoms with van der Waals surface area (Å²) in [5.74, 6) is -0.665. The third kappa shape index (κ3) is 4.72. The van der Waals surface area contributed by atoms with Crippen LogP contribution in [0.25, 0.3) is 0 Å². The van der Waals surface area contributed by atoms with E-state index >= 15 is 4.39 Å². The molecular weight excluding hydrogens is 571 g/mol. The van der Waals surface area contributed by atoms with Crippen molar-refractivity contribution in [3.05, 3.63) is 195 Å². The van der Waals surface area contributed by atoms with Crippen molar-refractivity contribution in [1.29, 1.82) is 0 Å². The van der Waals surface area contributed by atoms with Crippen LogP contribution in [0.5, 0.6) is 0 Å². The normalized spacial score (nSPS) is 12.3. The van der Waals surface area contributed by atoms with E-state index < -0.39 is 11.5 Å². The molecule has 5 aromatic carbocycles. The highest BCUT2D eigenvalue weighted by Crippen LogP contribution is 2.43. The monoisotopic (exact) mass is 600 g/mol. The van der Waals surface area contributed by atoms with Gasteiger partial charge in [-0.1, -0.05) is 121 Å². The van der Waals surface area contributed by atoms with Crippen molar-refractivity contribution in [2.24, 2.45) is 0 Å². The van der Waals surface area contributed by atoms with Crippen molar-refractivity contribution < 1.29 is 4.39 Å². The van der Waals surface area contributed by atoms with E-state index in [2.05, 4.69) is 125 Å². The van der Waals surface area contributed by atoms with Crippen molar-refractivity contribution in [2.75, 3.05) is 0 Å². The van der Waals surface area contributed by atoms with Gasteiger partial charge in [0.15, 0.2) is 0 Å². The number of benzene rings is 5. The zero-order valence-corrected chi connectivity index (χ0v) is 24.6. The molecule has 0 amide bonds. The van der Waals surface area contributed by atoms with Crippen LogP contribution in [0.1, 0.15) is 50.6 Å². The molecule has 4 heteroatoms. The van der Waals surface area contributed by atoms with E-state index in [9.17, 15) is 0 Å². The molecule has 0 saturated carbocycles. The maximum absolute atomic E-state index is 15.8. The number of imidazole rings is 1. The van der Waals surface area contributed by atoms with E-state index in [0.29, 0.717) is 10.0 Å². The molecule has 0 N–H and O–H groups in total. The van der Waals surface area contributed by atoms with Crippen LogP contribution in [0.3, 0.4) is 0 Å². The maximum Gasteiger partial charge on any atom is 0.141 e. The maximum atomic E-state index is 15.8. The van der Waals surface area contributed by atoms with Gasteiger partial charge in [0.2, 0.25) is 0 Å². The summed E-state index contributed by atoms with van der Waals surface area (Å²) in [4.78, 5) is 5.03. The lowest BCUT2D eigenvalue weighted by atomic mass is 9.76. The fourth-order valence-corrected chi connectivity index (χ4v) is 6.35. The van der Waals surface area contributed by atoms with E-state index in [1.807, 2.05) is 42.7 Å². The summed E-state index contributed by atoms with van der Waals surface area (Å²) in [7, 11) is 0. The largest absolute Gasteiger partial charge is 0.319 e. The molecule has 0 aliphatic carbocycles. The third-order valence-corrected chi connectivity index (χ3v) is 8.72. The van der Waals surface area contributed by atoms with Crippen LogP contribution < -0.4 is 0 Å². The van der Waals surface area contributed by atoms with Gasteiger partial charge in [-0.15, -0.1) is 0 Å². The second-order valence-corrected chi connectivity index (χ2v) is 11.2. The highest BCUT2D eigenvalue weighted by Gasteiger charge is 2.39. The Morgan fingerprint density at radius 2 is 1.17 bits per heavy atom. The Kier molecular flexibility index (Phi) is 7.42. The van der Waals surface area contributed by atoms with E-state index in [1.165, 1.54) is 0 Å². The number of halogens is 2. The van der Waals surface area contributed by atoms with Crippen LogP contribution in [-0.4, -0.2) is 9.55 Å². The Hall–Kier alpha value is -4.28. The first-order valence-electron chi connectivity index (χ1n) is 13.7. The Labute approximate surface area is 249 Å². The molecule has 0 spiro atoms. The molecule has 6 aromatic rings. The topological polar surface area (TPSA) is 17.8 Å². The molecule has 1 unspecified atom stereocenters. The second-order valence-electron chi connectivity index (χ2n) is 10.4. The van der Waals surface area contributed by atoms with Crippen LogP contribution >= 0.6 is 15.9 Å². The predicted molar refractivity (Wildman–Crippen MR) is 168 cm³/mol. The van der Waals surface area contributed by atoms with Gasteiger partial charge in [0.1, 0.15) is 11.4 Å². The van der Waals surface area contributed by atoms with Gasteiger partial charge in [0.25, 0.3) is 0 Å². The van der Waals surface area contributed by atoms with Gasteiger partial charge in [-0.25, -0.2) is 9.37 Å². The number of rotatable bonds is 7. The van der Waals surface area contributed by atoms with E-state index in [4.69, 9.17) is 4.98 Å². The van der Waals surface area contributed by atoms with Crippen LogP contribution in [0.4, 0.5) is 4.39 Å². The summed E-state index contributed by atoms with van der Waals surface area (Å²) < 4.78 is 18.4. The smallest absolute Gasteiger partial charge is 0.141 e. The van der Waals surface area contributed by atoms with Crippen molar-refractivity contribution in [1.82, 2.24) is 9.55 Å². The molecule has 0 fully saturated rings. The molecule has 1 aromatic heterocycles. The van der Waals surface area contributed by atoms with E-state index in [-0.39, 0.29) is 5.82 Å². The van der Waals surface area contributed by atoms with Crippen molar-refractivity contribution in [3.8, 4) is 0 Å². The molecule has 6 rings (SSSR count). The van der Waals surface area contributed by atoms with E-state index in [0.717, 1.165) is 39.1 Å². The Morgan fingerprint density at radius 3 is 1.73 bits per heavy atom. The van der Waals surface area contributed by atoms with Crippen LogP contribution in [0.15, 0.2) is 144 Å². The van der Waals surface area contributed by atoms with Gasteiger partial charge in [0, 0.05) is 11.8 Å². The first-order valence-corrected chi connectivity index (χ1v) is 14.5. The summed E-state index contributed by atoms with van der Waals surface area (Å²) in [5, 5.41) is 0. The molecular formula is C37H30BrFN2. The quantitative estimate of drug-likeness (QED) is 0.167. The lowest BCUT2D eigenvalue weighted by molar-refractivity contribution is 0.514. The summed E-state index contributed by atoms with van der Waals surface area (Å²) in [6, 6.07) is 43.2. The van der Waals surface area contributed by atoms with Crippen molar-refractivity contribution in [3.63, 3.8) is 0 Å². The van der Waals surface area contributed by atoms with Gasteiger partial charge in [-0.2, -0.15) is 0 Å². The molecule has 0 aliphatic rings. The minimum Gasteiger partial charge on any atom is -0.319 e. The minimum atomic E-state index is -0.697. The number of aromatic nitrogens is 2. The van der Waals surface area contributed by atoms with Gasteiger partial charge in [-0.05, 0) is 69.2 Å². The molecule has 0 aliphatic heterocycles. The number of hydrogen-bond donors (Lipinski definition) is 0. The Bertz CT molecular complexity index is 1630. The summed E-state index contributed by atoms with van der Waals surface area (Å²) >= 11 is 3.42. The van der Waals surface area contributed by atoms with Crippen LogP contribution in [0.2, 0.25) is 0 Å². The molecule has 202 valence electrons. The zero-order chi connectivity index (χ0) is 28.4. The lowest BCUT2D eigenvalue weighted by Gasteiger charge is -2.37. The summed E-state index contributed by atoms with van der Waals surface area (Å²) in [6.07, 6.45) is 4.00. The van der Waals surface area contributed by atoms with Gasteiger partial charge in [-0.3, -0.25) is 0 Å². The molecule has 41 heavy (non-hydrogen) atoms. The van der Waals surface area contributed by atoms with Gasteiger partial charge in [0.05, 0.1) is 22.4 Å². The predicted octanol–water partition coefficient (Wildman–Crippen LogP) is 9.42.